The van der Waals surface area contributed by atoms with E-state index < -0.39 is 17.5 Å². The summed E-state index contributed by atoms with van der Waals surface area (Å²) in [6, 6.07) is 4.03. The zero-order valence-corrected chi connectivity index (χ0v) is 10.4. The Morgan fingerprint density at radius 3 is 2.79 bits per heavy atom. The highest BCUT2D eigenvalue weighted by atomic mass is 19.1. The van der Waals surface area contributed by atoms with E-state index in [0.717, 1.165) is 4.90 Å². The molecule has 0 aliphatic carbocycles. The number of hydrogen-bond acceptors (Lipinski definition) is 3. The SMILES string of the molecule is CNC(=O)CCCN1C(=O)C(=O)c2cccc(F)c21. The number of carbonyl (C=O) groups is 3. The maximum atomic E-state index is 13.7. The number of hydrogen-bond donors (Lipinski definition) is 1. The van der Waals surface area contributed by atoms with Crippen LogP contribution in [0.15, 0.2) is 18.2 Å². The fourth-order valence-corrected chi connectivity index (χ4v) is 2.05. The summed E-state index contributed by atoms with van der Waals surface area (Å²) in [6.07, 6.45) is 0.588. The van der Waals surface area contributed by atoms with Crippen molar-refractivity contribution in [3.63, 3.8) is 0 Å². The largest absolute Gasteiger partial charge is 0.359 e. The number of rotatable bonds is 4. The average molecular weight is 264 g/mol. The minimum atomic E-state index is -0.739. The van der Waals surface area contributed by atoms with E-state index in [1.54, 1.807) is 0 Å². The molecule has 2 amide bonds. The van der Waals surface area contributed by atoms with Gasteiger partial charge in [0.15, 0.2) is 0 Å². The van der Waals surface area contributed by atoms with Gasteiger partial charge in [-0.15, -0.1) is 0 Å². The van der Waals surface area contributed by atoms with Crippen molar-refractivity contribution in [2.24, 2.45) is 0 Å². The van der Waals surface area contributed by atoms with Gasteiger partial charge in [0.2, 0.25) is 5.91 Å². The molecule has 0 atom stereocenters. The highest BCUT2D eigenvalue weighted by Gasteiger charge is 2.37. The van der Waals surface area contributed by atoms with Gasteiger partial charge in [0, 0.05) is 20.0 Å². The van der Waals surface area contributed by atoms with Crippen LogP contribution in [0.25, 0.3) is 0 Å². The Hall–Kier alpha value is -2.24. The first-order valence-electron chi connectivity index (χ1n) is 5.91. The molecule has 0 radical (unpaired) electrons. The predicted molar refractivity (Wildman–Crippen MR) is 66.4 cm³/mol. The minimum Gasteiger partial charge on any atom is -0.359 e. The molecule has 19 heavy (non-hydrogen) atoms. The Balaban J connectivity index is 2.17. The van der Waals surface area contributed by atoms with Crippen molar-refractivity contribution in [1.82, 2.24) is 5.32 Å². The number of halogens is 1. The quantitative estimate of drug-likeness (QED) is 0.821. The molecule has 0 spiro atoms. The second kappa shape index (κ2) is 5.17. The Morgan fingerprint density at radius 1 is 1.37 bits per heavy atom. The Bertz CT molecular complexity index is 557. The van der Waals surface area contributed by atoms with Crippen LogP contribution in [0.5, 0.6) is 0 Å². The Labute approximate surface area is 109 Å². The number of anilines is 1. The van der Waals surface area contributed by atoms with Crippen LogP contribution in [0.2, 0.25) is 0 Å². The first kappa shape index (κ1) is 13.2. The van der Waals surface area contributed by atoms with Crippen molar-refractivity contribution in [3.8, 4) is 0 Å². The van der Waals surface area contributed by atoms with Gasteiger partial charge in [0.25, 0.3) is 11.7 Å². The van der Waals surface area contributed by atoms with Crippen LogP contribution in [0, 0.1) is 5.82 Å². The number of amides is 2. The van der Waals surface area contributed by atoms with Crippen molar-refractivity contribution in [2.75, 3.05) is 18.5 Å². The van der Waals surface area contributed by atoms with E-state index >= 15 is 0 Å². The maximum absolute atomic E-state index is 13.7. The smallest absolute Gasteiger partial charge is 0.299 e. The monoisotopic (exact) mass is 264 g/mol. The third kappa shape index (κ3) is 2.33. The van der Waals surface area contributed by atoms with E-state index in [1.807, 2.05) is 0 Å². The topological polar surface area (TPSA) is 66.5 Å². The minimum absolute atomic E-state index is 0.0226. The molecule has 1 aromatic rings. The Kier molecular flexibility index (Phi) is 3.59. The lowest BCUT2D eigenvalue weighted by atomic mass is 10.1. The summed E-state index contributed by atoms with van der Waals surface area (Å²) < 4.78 is 13.7. The van der Waals surface area contributed by atoms with Crippen LogP contribution < -0.4 is 10.2 Å². The molecule has 6 heteroatoms. The highest BCUT2D eigenvalue weighted by Crippen LogP contribution is 2.31. The molecule has 1 aliphatic rings. The summed E-state index contributed by atoms with van der Waals surface area (Å²) >= 11 is 0. The molecule has 1 aromatic carbocycles. The van der Waals surface area contributed by atoms with Gasteiger partial charge in [-0.25, -0.2) is 4.39 Å². The van der Waals surface area contributed by atoms with Crippen LogP contribution in [-0.4, -0.2) is 31.2 Å². The Morgan fingerprint density at radius 2 is 2.11 bits per heavy atom. The number of para-hydroxylation sites is 1. The lowest BCUT2D eigenvalue weighted by Crippen LogP contribution is -2.32. The molecule has 0 saturated carbocycles. The van der Waals surface area contributed by atoms with Gasteiger partial charge < -0.3 is 10.2 Å². The van der Waals surface area contributed by atoms with E-state index in [0.29, 0.717) is 6.42 Å². The lowest BCUT2D eigenvalue weighted by Gasteiger charge is -2.16. The van der Waals surface area contributed by atoms with Gasteiger partial charge in [0.05, 0.1) is 11.3 Å². The van der Waals surface area contributed by atoms with Crippen LogP contribution >= 0.6 is 0 Å². The van der Waals surface area contributed by atoms with E-state index in [9.17, 15) is 18.8 Å². The molecule has 1 aliphatic heterocycles. The maximum Gasteiger partial charge on any atom is 0.299 e. The summed E-state index contributed by atoms with van der Waals surface area (Å²) in [5, 5.41) is 2.46. The molecule has 1 heterocycles. The summed E-state index contributed by atoms with van der Waals surface area (Å²) in [5.41, 5.74) is 0.111. The van der Waals surface area contributed by atoms with Crippen LogP contribution in [0.3, 0.4) is 0 Å². The molecule has 0 fully saturated rings. The molecule has 1 N–H and O–H groups in total. The first-order valence-corrected chi connectivity index (χ1v) is 5.91. The molecule has 5 nitrogen and oxygen atoms in total. The van der Waals surface area contributed by atoms with Crippen molar-refractivity contribution >= 4 is 23.3 Å². The molecule has 2 rings (SSSR count). The zero-order valence-electron chi connectivity index (χ0n) is 10.4. The van der Waals surface area contributed by atoms with Crippen molar-refractivity contribution in [3.05, 3.63) is 29.6 Å². The van der Waals surface area contributed by atoms with Crippen LogP contribution in [-0.2, 0) is 9.59 Å². The number of nitrogens with one attached hydrogen (secondary N) is 1. The number of ketones is 1. The molecule has 0 aromatic heterocycles. The van der Waals surface area contributed by atoms with E-state index in [2.05, 4.69) is 5.32 Å². The zero-order chi connectivity index (χ0) is 14.0. The molecule has 0 bridgehead atoms. The molecular weight excluding hydrogens is 251 g/mol. The molecule has 0 unspecified atom stereocenters. The number of carbonyl (C=O) groups excluding carboxylic acids is 3. The first-order chi connectivity index (χ1) is 9.06. The van der Waals surface area contributed by atoms with Gasteiger partial charge >= 0.3 is 0 Å². The second-order valence-electron chi connectivity index (χ2n) is 4.20. The van der Waals surface area contributed by atoms with E-state index in [-0.39, 0.29) is 30.1 Å². The number of benzene rings is 1. The second-order valence-corrected chi connectivity index (χ2v) is 4.20. The fraction of sp³-hybridized carbons (Fsp3) is 0.308. The van der Waals surface area contributed by atoms with Crippen molar-refractivity contribution in [1.29, 1.82) is 0 Å². The molecular formula is C13H13FN2O3. The van der Waals surface area contributed by atoms with Gasteiger partial charge in [-0.3, -0.25) is 14.4 Å². The number of fused-ring (bicyclic) bond motifs is 1. The fourth-order valence-electron chi connectivity index (χ4n) is 2.05. The summed E-state index contributed by atoms with van der Waals surface area (Å²) in [6.45, 7) is 0.145. The normalized spacial score (nSPS) is 13.7. The lowest BCUT2D eigenvalue weighted by molar-refractivity contribution is -0.121. The summed E-state index contributed by atoms with van der Waals surface area (Å²) in [4.78, 5) is 35.6. The van der Waals surface area contributed by atoms with E-state index in [1.165, 1.54) is 25.2 Å². The van der Waals surface area contributed by atoms with Crippen molar-refractivity contribution < 1.29 is 18.8 Å². The van der Waals surface area contributed by atoms with Gasteiger partial charge in [-0.2, -0.15) is 0 Å². The number of nitrogens with zero attached hydrogens (tertiary/aromatic N) is 1. The van der Waals surface area contributed by atoms with Crippen LogP contribution in [0.4, 0.5) is 10.1 Å². The standard InChI is InChI=1S/C13H13FN2O3/c1-15-10(17)6-3-7-16-11-8(12(18)13(16)19)4-2-5-9(11)14/h2,4-5H,3,6-7H2,1H3,(H,15,17). The third-order valence-electron chi connectivity index (χ3n) is 3.01. The third-order valence-corrected chi connectivity index (χ3v) is 3.01. The van der Waals surface area contributed by atoms with E-state index in [4.69, 9.17) is 0 Å². The van der Waals surface area contributed by atoms with Gasteiger partial charge in [-0.1, -0.05) is 6.07 Å². The highest BCUT2D eigenvalue weighted by molar-refractivity contribution is 6.52. The van der Waals surface area contributed by atoms with Crippen LogP contribution in [0.1, 0.15) is 23.2 Å². The number of Topliss-reactive ketones (excluding diaryl/α,β-unsaturated/α-hetero) is 1. The van der Waals surface area contributed by atoms with Gasteiger partial charge in [-0.05, 0) is 18.6 Å². The summed E-state index contributed by atoms with van der Waals surface area (Å²) in [7, 11) is 1.52. The van der Waals surface area contributed by atoms with Gasteiger partial charge in [0.1, 0.15) is 5.82 Å². The average Bonchev–Trinajstić information content (AvgIpc) is 2.65. The van der Waals surface area contributed by atoms with Crippen molar-refractivity contribution in [2.45, 2.75) is 12.8 Å². The predicted octanol–water partition coefficient (Wildman–Crippen LogP) is 0.881. The summed E-state index contributed by atoms with van der Waals surface area (Å²) in [5.74, 6) is -2.20. The molecule has 100 valence electrons. The molecule has 0 saturated heterocycles.